The van der Waals surface area contributed by atoms with Gasteiger partial charge in [0, 0.05) is 25.6 Å². The first-order chi connectivity index (χ1) is 17.6. The van der Waals surface area contributed by atoms with Gasteiger partial charge in [-0.15, -0.1) is 0 Å². The average molecular weight is 512 g/mol. The van der Waals surface area contributed by atoms with E-state index in [-0.39, 0.29) is 12.3 Å². The number of unbranched alkanes of at least 4 members (excludes halogenated alkanes) is 1. The Morgan fingerprint density at radius 3 is 2.19 bits per heavy atom. The molecule has 0 bridgehead atoms. The van der Waals surface area contributed by atoms with Crippen LogP contribution in [0.2, 0.25) is 0 Å². The molecule has 0 saturated carbocycles. The number of hydrogen-bond donors (Lipinski definition) is 6. The quantitative estimate of drug-likeness (QED) is 0.126. The molecule has 11 heteroatoms. The van der Waals surface area contributed by atoms with Crippen LogP contribution in [-0.4, -0.2) is 70.5 Å². The molecular weight excluding hydrogens is 478 g/mol. The van der Waals surface area contributed by atoms with Crippen molar-refractivity contribution in [2.24, 2.45) is 5.73 Å². The molecule has 7 N–H and O–H groups in total. The van der Waals surface area contributed by atoms with Crippen LogP contribution in [0.1, 0.15) is 36.0 Å². The number of urea groups is 1. The minimum Gasteiger partial charge on any atom is -0.481 e. The highest BCUT2D eigenvalue weighted by atomic mass is 16.4. The number of hydrogen-bond acceptors (Lipinski definition) is 5. The van der Waals surface area contributed by atoms with Crippen molar-refractivity contribution >= 4 is 29.7 Å². The van der Waals surface area contributed by atoms with Crippen LogP contribution in [0.4, 0.5) is 4.79 Å². The third-order valence-corrected chi connectivity index (χ3v) is 5.80. The van der Waals surface area contributed by atoms with Crippen LogP contribution in [0.5, 0.6) is 0 Å². The molecule has 2 aromatic carbocycles. The number of rotatable bonds is 14. The van der Waals surface area contributed by atoms with Crippen molar-refractivity contribution < 1.29 is 29.4 Å². The second kappa shape index (κ2) is 14.2. The number of amidine groups is 1. The molecule has 0 aromatic heterocycles. The van der Waals surface area contributed by atoms with Crippen LogP contribution in [-0.2, 0) is 27.2 Å². The molecule has 0 unspecified atom stereocenters. The molecule has 0 aliphatic carbocycles. The highest BCUT2D eigenvalue weighted by Gasteiger charge is 2.33. The maximum Gasteiger partial charge on any atom is 0.326 e. The minimum absolute atomic E-state index is 0.00214. The number of likely N-dealkylation sites (N-methyl/N-ethyl adjacent to an activating group) is 1. The number of carbonyl (C=O) groups excluding carboxylic acids is 2. The van der Waals surface area contributed by atoms with Crippen molar-refractivity contribution in [2.45, 2.75) is 44.2 Å². The first kappa shape index (κ1) is 28.8. The number of amides is 3. The van der Waals surface area contributed by atoms with E-state index in [0.29, 0.717) is 24.1 Å². The Balaban J connectivity index is 1.88. The van der Waals surface area contributed by atoms with Crippen LogP contribution >= 0.6 is 0 Å². The highest BCUT2D eigenvalue weighted by Crippen LogP contribution is 2.11. The van der Waals surface area contributed by atoms with E-state index in [1.165, 1.54) is 7.05 Å². The summed E-state index contributed by atoms with van der Waals surface area (Å²) in [6.07, 6.45) is 1.49. The van der Waals surface area contributed by atoms with Gasteiger partial charge in [-0.25, -0.2) is 9.59 Å². The highest BCUT2D eigenvalue weighted by molar-refractivity contribution is 5.95. The lowest BCUT2D eigenvalue weighted by Gasteiger charge is -2.29. The van der Waals surface area contributed by atoms with Gasteiger partial charge in [0.25, 0.3) is 0 Å². The number of nitrogens with zero attached hydrogens (tertiary/aromatic N) is 1. The van der Waals surface area contributed by atoms with Crippen molar-refractivity contribution in [3.05, 3.63) is 71.3 Å². The van der Waals surface area contributed by atoms with E-state index in [2.05, 4.69) is 10.6 Å². The molecule has 0 aliphatic rings. The van der Waals surface area contributed by atoms with Gasteiger partial charge in [-0.05, 0) is 30.4 Å². The SMILES string of the molecule is CN(C(=O)[C@H](CC(=O)O)NC(=O)NCCCCc1ccc(C(=N)N)cc1)[C@@H](Cc1ccccc1)C(=O)O. The number of carbonyl (C=O) groups is 4. The summed E-state index contributed by atoms with van der Waals surface area (Å²) in [7, 11) is 1.28. The second-order valence-corrected chi connectivity index (χ2v) is 8.61. The van der Waals surface area contributed by atoms with Gasteiger partial charge in [-0.1, -0.05) is 54.6 Å². The lowest BCUT2D eigenvalue weighted by Crippen LogP contribution is -2.55. The molecular formula is C26H33N5O6. The summed E-state index contributed by atoms with van der Waals surface area (Å²) >= 11 is 0. The van der Waals surface area contributed by atoms with Crippen LogP contribution in [0.3, 0.4) is 0 Å². The first-order valence-corrected chi connectivity index (χ1v) is 11.8. The van der Waals surface area contributed by atoms with Gasteiger partial charge in [-0.2, -0.15) is 0 Å². The number of carboxylic acids is 2. The van der Waals surface area contributed by atoms with E-state index in [4.69, 9.17) is 11.1 Å². The lowest BCUT2D eigenvalue weighted by molar-refractivity contribution is -0.150. The Hall–Kier alpha value is -4.41. The number of nitrogens with two attached hydrogens (primary N) is 1. The zero-order valence-electron chi connectivity index (χ0n) is 20.6. The number of benzene rings is 2. The normalized spacial score (nSPS) is 12.1. The van der Waals surface area contributed by atoms with Crippen LogP contribution in [0.15, 0.2) is 54.6 Å². The van der Waals surface area contributed by atoms with E-state index in [9.17, 15) is 29.4 Å². The zero-order valence-corrected chi connectivity index (χ0v) is 20.6. The Bertz CT molecular complexity index is 1090. The van der Waals surface area contributed by atoms with E-state index < -0.39 is 42.4 Å². The number of nitrogen functional groups attached to an aromatic ring is 1. The summed E-state index contributed by atoms with van der Waals surface area (Å²) in [5.74, 6) is -3.36. The molecule has 2 atom stereocenters. The van der Waals surface area contributed by atoms with Crippen molar-refractivity contribution in [2.75, 3.05) is 13.6 Å². The molecule has 0 radical (unpaired) electrons. The van der Waals surface area contributed by atoms with Gasteiger partial charge in [-0.3, -0.25) is 15.0 Å². The van der Waals surface area contributed by atoms with Gasteiger partial charge < -0.3 is 31.5 Å². The van der Waals surface area contributed by atoms with E-state index in [1.807, 2.05) is 12.1 Å². The van der Waals surface area contributed by atoms with Crippen molar-refractivity contribution in [1.29, 1.82) is 5.41 Å². The maximum atomic E-state index is 13.0. The van der Waals surface area contributed by atoms with Gasteiger partial charge in [0.2, 0.25) is 5.91 Å². The molecule has 37 heavy (non-hydrogen) atoms. The van der Waals surface area contributed by atoms with Gasteiger partial charge in [0.15, 0.2) is 0 Å². The topological polar surface area (TPSA) is 186 Å². The number of aliphatic carboxylic acids is 2. The number of aryl methyl sites for hydroxylation is 1. The Labute approximate surface area is 215 Å². The molecule has 3 amide bonds. The summed E-state index contributed by atoms with van der Waals surface area (Å²) in [4.78, 5) is 49.5. The van der Waals surface area contributed by atoms with E-state index in [0.717, 1.165) is 23.3 Å². The van der Waals surface area contributed by atoms with E-state index in [1.54, 1.807) is 42.5 Å². The first-order valence-electron chi connectivity index (χ1n) is 11.8. The Kier molecular flexibility index (Phi) is 11.1. The molecule has 0 saturated heterocycles. The fraction of sp³-hybridized carbons (Fsp3) is 0.346. The van der Waals surface area contributed by atoms with Crippen LogP contribution < -0.4 is 16.4 Å². The van der Waals surface area contributed by atoms with Crippen LogP contribution in [0.25, 0.3) is 0 Å². The number of carboxylic acid groups (broad SMARTS) is 2. The van der Waals surface area contributed by atoms with Crippen molar-refractivity contribution in [3.8, 4) is 0 Å². The second-order valence-electron chi connectivity index (χ2n) is 8.61. The van der Waals surface area contributed by atoms with E-state index >= 15 is 0 Å². The average Bonchev–Trinajstić information content (AvgIpc) is 2.86. The Morgan fingerprint density at radius 1 is 0.973 bits per heavy atom. The largest absolute Gasteiger partial charge is 0.481 e. The molecule has 2 rings (SSSR count). The lowest BCUT2D eigenvalue weighted by atomic mass is 10.0. The Morgan fingerprint density at radius 2 is 1.62 bits per heavy atom. The third-order valence-electron chi connectivity index (χ3n) is 5.80. The standard InChI is InChI=1S/C26H33N5O6/c1-31(21(25(35)36)15-18-8-3-2-4-9-18)24(34)20(16-22(32)33)30-26(37)29-14-6-5-7-17-10-12-19(13-11-17)23(27)28/h2-4,8-13,20-21H,5-7,14-16H2,1H3,(H3,27,28)(H,32,33)(H,35,36)(H2,29,30,37)/t20-,21-/m0/s1. The molecule has 0 heterocycles. The molecule has 0 fully saturated rings. The number of nitrogens with one attached hydrogen (secondary N) is 3. The summed E-state index contributed by atoms with van der Waals surface area (Å²) in [5, 5.41) is 31.3. The maximum absolute atomic E-state index is 13.0. The molecule has 11 nitrogen and oxygen atoms in total. The zero-order chi connectivity index (χ0) is 27.4. The summed E-state index contributed by atoms with van der Waals surface area (Å²) in [6.45, 7) is 0.299. The molecule has 0 spiro atoms. The fourth-order valence-corrected chi connectivity index (χ4v) is 3.72. The molecule has 198 valence electrons. The van der Waals surface area contributed by atoms with Crippen molar-refractivity contribution in [3.63, 3.8) is 0 Å². The van der Waals surface area contributed by atoms with Gasteiger partial charge in [0.05, 0.1) is 6.42 Å². The van der Waals surface area contributed by atoms with Gasteiger partial charge in [0.1, 0.15) is 17.9 Å². The predicted octanol–water partition coefficient (Wildman–Crippen LogP) is 1.59. The smallest absolute Gasteiger partial charge is 0.326 e. The molecule has 0 aliphatic heterocycles. The van der Waals surface area contributed by atoms with Crippen molar-refractivity contribution in [1.82, 2.24) is 15.5 Å². The summed E-state index contributed by atoms with van der Waals surface area (Å²) in [5.41, 5.74) is 7.85. The predicted molar refractivity (Wildman–Crippen MR) is 137 cm³/mol. The monoisotopic (exact) mass is 511 g/mol. The third kappa shape index (κ3) is 9.63. The summed E-state index contributed by atoms with van der Waals surface area (Å²) in [6, 6.07) is 12.7. The molecule has 2 aromatic rings. The van der Waals surface area contributed by atoms with Crippen LogP contribution in [0, 0.1) is 5.41 Å². The fourth-order valence-electron chi connectivity index (χ4n) is 3.72. The minimum atomic E-state index is -1.43. The van der Waals surface area contributed by atoms with Gasteiger partial charge >= 0.3 is 18.0 Å². The summed E-state index contributed by atoms with van der Waals surface area (Å²) < 4.78 is 0.